The second-order valence-electron chi connectivity index (χ2n) is 5.40. The molecule has 5 nitrogen and oxygen atoms in total. The number of hydrogen-bond acceptors (Lipinski definition) is 4. The lowest BCUT2D eigenvalue weighted by molar-refractivity contribution is 0.136. The summed E-state index contributed by atoms with van der Waals surface area (Å²) in [5.74, 6) is 0.929. The number of para-hydroxylation sites is 1. The van der Waals surface area contributed by atoms with E-state index in [1.54, 1.807) is 6.33 Å². The number of benzene rings is 1. The summed E-state index contributed by atoms with van der Waals surface area (Å²) in [4.78, 5) is 2.39. The molecule has 21 heavy (non-hydrogen) atoms. The maximum Gasteiger partial charge on any atom is 0.198 e. The lowest BCUT2D eigenvalue weighted by Gasteiger charge is -2.24. The van der Waals surface area contributed by atoms with Gasteiger partial charge in [0.1, 0.15) is 18.7 Å². The van der Waals surface area contributed by atoms with E-state index < -0.39 is 0 Å². The monoisotopic (exact) mass is 304 g/mol. The quantitative estimate of drug-likeness (QED) is 0.795. The van der Waals surface area contributed by atoms with Gasteiger partial charge in [-0.05, 0) is 37.2 Å². The third-order valence-corrected chi connectivity index (χ3v) is 4.39. The molecular formula is C15H20N4OS. The van der Waals surface area contributed by atoms with Gasteiger partial charge in [-0.25, -0.2) is 4.68 Å². The molecule has 2 aromatic rings. The van der Waals surface area contributed by atoms with Gasteiger partial charge in [-0.2, -0.15) is 5.10 Å². The van der Waals surface area contributed by atoms with Crippen molar-refractivity contribution in [1.82, 2.24) is 19.2 Å². The van der Waals surface area contributed by atoms with Crippen LogP contribution in [0.25, 0.3) is 0 Å². The van der Waals surface area contributed by atoms with Gasteiger partial charge in [0.15, 0.2) is 4.77 Å². The normalized spacial score (nSPS) is 19.0. The van der Waals surface area contributed by atoms with Gasteiger partial charge < -0.3 is 9.30 Å². The van der Waals surface area contributed by atoms with Crippen LogP contribution in [-0.2, 0) is 13.7 Å². The molecule has 0 unspecified atom stereocenters. The smallest absolute Gasteiger partial charge is 0.198 e. The lowest BCUT2D eigenvalue weighted by atomic mass is 10.2. The average molecular weight is 304 g/mol. The zero-order valence-electron chi connectivity index (χ0n) is 12.2. The topological polar surface area (TPSA) is 35.2 Å². The van der Waals surface area contributed by atoms with E-state index in [1.807, 2.05) is 46.6 Å². The number of likely N-dealkylation sites (tertiary alicyclic amines) is 1. The highest BCUT2D eigenvalue weighted by Gasteiger charge is 2.25. The molecule has 1 aliphatic heterocycles. The SMILES string of the molecule is Cn1cnn(CN2CCC[C@H]2COc2ccccc2)c1=S. The molecule has 6 heteroatoms. The molecule has 0 spiro atoms. The van der Waals surface area contributed by atoms with E-state index in [-0.39, 0.29) is 0 Å². The second kappa shape index (κ2) is 6.41. The Morgan fingerprint density at radius 1 is 1.33 bits per heavy atom. The van der Waals surface area contributed by atoms with Gasteiger partial charge in [0.2, 0.25) is 0 Å². The summed E-state index contributed by atoms with van der Waals surface area (Å²) < 4.78 is 10.4. The van der Waals surface area contributed by atoms with E-state index in [1.165, 1.54) is 6.42 Å². The Morgan fingerprint density at radius 3 is 2.86 bits per heavy atom. The van der Waals surface area contributed by atoms with E-state index in [0.29, 0.717) is 12.6 Å². The average Bonchev–Trinajstić information content (AvgIpc) is 3.08. The van der Waals surface area contributed by atoms with Gasteiger partial charge in [-0.3, -0.25) is 4.90 Å². The number of aromatic nitrogens is 3. The van der Waals surface area contributed by atoms with Gasteiger partial charge in [0, 0.05) is 19.6 Å². The van der Waals surface area contributed by atoms with Crippen LogP contribution in [0.1, 0.15) is 12.8 Å². The maximum atomic E-state index is 5.89. The minimum absolute atomic E-state index is 0.425. The van der Waals surface area contributed by atoms with Gasteiger partial charge in [0.25, 0.3) is 0 Å². The minimum atomic E-state index is 0.425. The van der Waals surface area contributed by atoms with Gasteiger partial charge in [-0.15, -0.1) is 0 Å². The highest BCUT2D eigenvalue weighted by atomic mass is 32.1. The summed E-state index contributed by atoms with van der Waals surface area (Å²) in [6, 6.07) is 10.4. The van der Waals surface area contributed by atoms with Crippen molar-refractivity contribution in [2.75, 3.05) is 13.2 Å². The summed E-state index contributed by atoms with van der Waals surface area (Å²) in [5.41, 5.74) is 0. The Kier molecular flexibility index (Phi) is 4.36. The van der Waals surface area contributed by atoms with Crippen LogP contribution in [0.2, 0.25) is 0 Å². The molecule has 1 aromatic heterocycles. The number of rotatable bonds is 5. The first kappa shape index (κ1) is 14.3. The van der Waals surface area contributed by atoms with Crippen molar-refractivity contribution in [3.05, 3.63) is 41.4 Å². The van der Waals surface area contributed by atoms with E-state index in [0.717, 1.165) is 30.2 Å². The summed E-state index contributed by atoms with van der Waals surface area (Å²) in [6.07, 6.45) is 4.11. The fourth-order valence-electron chi connectivity index (χ4n) is 2.67. The molecule has 0 aliphatic carbocycles. The Labute approximate surface area is 129 Å². The summed E-state index contributed by atoms with van der Waals surface area (Å²) >= 11 is 5.35. The molecule has 1 aromatic carbocycles. The summed E-state index contributed by atoms with van der Waals surface area (Å²) in [6.45, 7) is 2.52. The molecule has 2 heterocycles. The molecule has 0 amide bonds. The van der Waals surface area contributed by atoms with Gasteiger partial charge in [0.05, 0.1) is 6.67 Å². The first-order chi connectivity index (χ1) is 10.2. The van der Waals surface area contributed by atoms with Crippen molar-refractivity contribution >= 4 is 12.2 Å². The molecular weight excluding hydrogens is 284 g/mol. The van der Waals surface area contributed by atoms with E-state index in [2.05, 4.69) is 10.00 Å². The zero-order valence-corrected chi connectivity index (χ0v) is 13.0. The molecule has 1 fully saturated rings. The number of aryl methyl sites for hydroxylation is 1. The highest BCUT2D eigenvalue weighted by Crippen LogP contribution is 2.19. The third-order valence-electron chi connectivity index (χ3n) is 3.89. The zero-order chi connectivity index (χ0) is 14.7. The van der Waals surface area contributed by atoms with Crippen molar-refractivity contribution in [2.24, 2.45) is 7.05 Å². The molecule has 1 aliphatic rings. The predicted molar refractivity (Wildman–Crippen MR) is 83.7 cm³/mol. The first-order valence-corrected chi connectivity index (χ1v) is 7.65. The summed E-state index contributed by atoms with van der Waals surface area (Å²) in [7, 11) is 1.92. The van der Waals surface area contributed by atoms with Crippen molar-refractivity contribution in [3.8, 4) is 5.75 Å². The van der Waals surface area contributed by atoms with E-state index in [9.17, 15) is 0 Å². The minimum Gasteiger partial charge on any atom is -0.492 e. The molecule has 1 atom stereocenters. The fraction of sp³-hybridized carbons (Fsp3) is 0.467. The predicted octanol–water partition coefficient (Wildman–Crippen LogP) is 2.45. The van der Waals surface area contributed by atoms with Crippen LogP contribution in [0.4, 0.5) is 0 Å². The number of ether oxygens (including phenoxy) is 1. The van der Waals surface area contributed by atoms with Crippen LogP contribution in [0.15, 0.2) is 36.7 Å². The Balaban J connectivity index is 1.60. The molecule has 0 N–H and O–H groups in total. The van der Waals surface area contributed by atoms with Crippen molar-refractivity contribution in [2.45, 2.75) is 25.6 Å². The van der Waals surface area contributed by atoms with Crippen LogP contribution in [-0.4, -0.2) is 38.4 Å². The van der Waals surface area contributed by atoms with Crippen molar-refractivity contribution in [1.29, 1.82) is 0 Å². The largest absolute Gasteiger partial charge is 0.492 e. The van der Waals surface area contributed by atoms with E-state index >= 15 is 0 Å². The molecule has 112 valence electrons. The van der Waals surface area contributed by atoms with Crippen LogP contribution < -0.4 is 4.74 Å². The molecule has 0 saturated carbocycles. The van der Waals surface area contributed by atoms with E-state index in [4.69, 9.17) is 17.0 Å². The van der Waals surface area contributed by atoms with Crippen LogP contribution in [0.5, 0.6) is 5.75 Å². The van der Waals surface area contributed by atoms with Crippen LogP contribution in [0, 0.1) is 4.77 Å². The maximum absolute atomic E-state index is 5.89. The van der Waals surface area contributed by atoms with Crippen molar-refractivity contribution in [3.63, 3.8) is 0 Å². The fourth-order valence-corrected chi connectivity index (χ4v) is 2.82. The van der Waals surface area contributed by atoms with Crippen LogP contribution >= 0.6 is 12.2 Å². The Hall–Kier alpha value is -1.66. The third kappa shape index (κ3) is 3.33. The molecule has 3 rings (SSSR count). The Bertz CT molecular complexity index is 637. The molecule has 0 bridgehead atoms. The van der Waals surface area contributed by atoms with Crippen LogP contribution in [0.3, 0.4) is 0 Å². The first-order valence-electron chi connectivity index (χ1n) is 7.24. The number of nitrogens with zero attached hydrogens (tertiary/aromatic N) is 4. The van der Waals surface area contributed by atoms with Gasteiger partial charge in [-0.1, -0.05) is 18.2 Å². The second-order valence-corrected chi connectivity index (χ2v) is 5.76. The highest BCUT2D eigenvalue weighted by molar-refractivity contribution is 7.71. The standard InChI is InChI=1S/C15H20N4OS/c1-17-11-16-19(15(17)21)12-18-9-5-6-13(18)10-20-14-7-3-2-4-8-14/h2-4,7-8,11,13H,5-6,9-10,12H2,1H3/t13-/m0/s1. The Morgan fingerprint density at radius 2 is 2.14 bits per heavy atom. The summed E-state index contributed by atoms with van der Waals surface area (Å²) in [5, 5.41) is 4.32. The molecule has 1 saturated heterocycles. The van der Waals surface area contributed by atoms with Gasteiger partial charge >= 0.3 is 0 Å². The lowest BCUT2D eigenvalue weighted by Crippen LogP contribution is -2.36. The number of hydrogen-bond donors (Lipinski definition) is 0. The molecule has 0 radical (unpaired) electrons. The van der Waals surface area contributed by atoms with Crippen molar-refractivity contribution < 1.29 is 4.74 Å².